The van der Waals surface area contributed by atoms with Gasteiger partial charge in [0.15, 0.2) is 5.03 Å². The number of aliphatic hydroxyl groups excluding tert-OH is 1. The van der Waals surface area contributed by atoms with Crippen molar-refractivity contribution in [3.63, 3.8) is 0 Å². The van der Waals surface area contributed by atoms with Gasteiger partial charge in [0.25, 0.3) is 10.0 Å². The molecule has 0 spiro atoms. The molecule has 2 rings (SSSR count). The molecule has 1 aliphatic rings. The molecular formula is C13H20N2O3S. The zero-order chi connectivity index (χ0) is 13.9. The van der Waals surface area contributed by atoms with Crippen LogP contribution in [0.15, 0.2) is 23.4 Å². The van der Waals surface area contributed by atoms with Crippen molar-refractivity contribution in [3.8, 4) is 0 Å². The maximum Gasteiger partial charge on any atom is 0.258 e. The second kappa shape index (κ2) is 5.56. The van der Waals surface area contributed by atoms with Crippen LogP contribution in [0.1, 0.15) is 38.2 Å². The average Bonchev–Trinajstić information content (AvgIpc) is 2.84. The van der Waals surface area contributed by atoms with E-state index in [9.17, 15) is 8.42 Å². The first-order chi connectivity index (χ1) is 8.95. The fourth-order valence-corrected chi connectivity index (χ4v) is 3.54. The van der Waals surface area contributed by atoms with E-state index in [2.05, 4.69) is 16.6 Å². The highest BCUT2D eigenvalue weighted by molar-refractivity contribution is 7.89. The Kier molecular flexibility index (Phi) is 4.23. The molecular weight excluding hydrogens is 264 g/mol. The Labute approximate surface area is 114 Å². The smallest absolute Gasteiger partial charge is 0.258 e. The minimum atomic E-state index is -3.55. The van der Waals surface area contributed by atoms with Crippen LogP contribution in [0.3, 0.4) is 0 Å². The lowest BCUT2D eigenvalue weighted by Gasteiger charge is -2.23. The molecule has 0 radical (unpaired) electrons. The van der Waals surface area contributed by atoms with Gasteiger partial charge in [0.1, 0.15) is 0 Å². The highest BCUT2D eigenvalue weighted by Gasteiger charge is 2.30. The summed E-state index contributed by atoms with van der Waals surface area (Å²) in [7, 11) is -3.55. The summed E-state index contributed by atoms with van der Waals surface area (Å²) >= 11 is 0. The number of sulfonamides is 1. The number of hydrogen-bond acceptors (Lipinski definition) is 4. The second-order valence-corrected chi connectivity index (χ2v) is 7.22. The monoisotopic (exact) mass is 284 g/mol. The van der Waals surface area contributed by atoms with Gasteiger partial charge in [-0.25, -0.2) is 18.1 Å². The molecule has 1 aromatic heterocycles. The molecule has 0 amide bonds. The Morgan fingerprint density at radius 3 is 2.58 bits per heavy atom. The molecule has 1 heterocycles. The first-order valence-corrected chi connectivity index (χ1v) is 7.99. The lowest BCUT2D eigenvalue weighted by atomic mass is 9.89. The number of rotatable bonds is 5. The van der Waals surface area contributed by atoms with Gasteiger partial charge in [0.2, 0.25) is 0 Å². The van der Waals surface area contributed by atoms with Crippen molar-refractivity contribution in [2.24, 2.45) is 5.41 Å². The second-order valence-electron chi connectivity index (χ2n) is 5.51. The molecule has 1 aromatic rings. The summed E-state index contributed by atoms with van der Waals surface area (Å²) in [5.74, 6) is 0. The third-order valence-corrected chi connectivity index (χ3v) is 5.07. The van der Waals surface area contributed by atoms with Gasteiger partial charge in [-0.05, 0) is 29.9 Å². The van der Waals surface area contributed by atoms with E-state index in [0.29, 0.717) is 12.1 Å². The predicted octanol–water partition coefficient (Wildman–Crippen LogP) is 1.43. The van der Waals surface area contributed by atoms with E-state index in [0.717, 1.165) is 12.8 Å². The summed E-state index contributed by atoms with van der Waals surface area (Å²) in [4.78, 5) is 3.88. The van der Waals surface area contributed by atoms with Crippen molar-refractivity contribution < 1.29 is 13.5 Å². The minimum Gasteiger partial charge on any atom is -0.392 e. The van der Waals surface area contributed by atoms with E-state index in [1.54, 1.807) is 6.07 Å². The number of aliphatic hydroxyl groups is 1. The molecule has 1 aliphatic carbocycles. The summed E-state index contributed by atoms with van der Waals surface area (Å²) in [5.41, 5.74) is 0.666. The van der Waals surface area contributed by atoms with Crippen molar-refractivity contribution in [1.82, 2.24) is 9.71 Å². The molecule has 106 valence electrons. The molecule has 1 fully saturated rings. The van der Waals surface area contributed by atoms with Crippen molar-refractivity contribution in [1.29, 1.82) is 0 Å². The van der Waals surface area contributed by atoms with E-state index < -0.39 is 10.0 Å². The van der Waals surface area contributed by atoms with E-state index in [1.165, 1.54) is 25.1 Å². The Morgan fingerprint density at radius 1 is 1.37 bits per heavy atom. The zero-order valence-corrected chi connectivity index (χ0v) is 11.9. The van der Waals surface area contributed by atoms with E-state index in [1.807, 2.05) is 0 Å². The number of nitrogens with zero attached hydrogens (tertiary/aromatic N) is 1. The molecule has 0 unspecified atom stereocenters. The van der Waals surface area contributed by atoms with Gasteiger partial charge >= 0.3 is 0 Å². The van der Waals surface area contributed by atoms with Gasteiger partial charge in [-0.3, -0.25) is 0 Å². The van der Waals surface area contributed by atoms with Crippen molar-refractivity contribution in [2.75, 3.05) is 6.54 Å². The maximum atomic E-state index is 12.1. The largest absolute Gasteiger partial charge is 0.392 e. The summed E-state index contributed by atoms with van der Waals surface area (Å²) in [5, 5.41) is 8.91. The summed E-state index contributed by atoms with van der Waals surface area (Å²) < 4.78 is 26.8. The molecule has 0 atom stereocenters. The Bertz CT molecular complexity index is 519. The maximum absolute atomic E-state index is 12.1. The zero-order valence-electron chi connectivity index (χ0n) is 11.1. The normalized spacial score (nSPS) is 18.6. The first-order valence-electron chi connectivity index (χ1n) is 6.51. The predicted molar refractivity (Wildman–Crippen MR) is 71.9 cm³/mol. The Hall–Kier alpha value is -0.980. The standard InChI is InChI=1S/C13H20N2O3S/c1-13(6-2-3-7-13)10-15-19(17,18)12-5-4-11(9-16)8-14-12/h4-5,8,15-16H,2-3,6-7,9-10H2,1H3. The van der Waals surface area contributed by atoms with Crippen LogP contribution in [-0.4, -0.2) is 25.1 Å². The summed E-state index contributed by atoms with van der Waals surface area (Å²) in [6.45, 7) is 2.43. The Morgan fingerprint density at radius 2 is 2.05 bits per heavy atom. The van der Waals surface area contributed by atoms with E-state index >= 15 is 0 Å². The van der Waals surface area contributed by atoms with Gasteiger partial charge in [0, 0.05) is 12.7 Å². The minimum absolute atomic E-state index is 0.00583. The van der Waals surface area contributed by atoms with Gasteiger partial charge in [-0.15, -0.1) is 0 Å². The highest BCUT2D eigenvalue weighted by Crippen LogP contribution is 2.36. The Balaban J connectivity index is 2.05. The van der Waals surface area contributed by atoms with Gasteiger partial charge < -0.3 is 5.11 Å². The van der Waals surface area contributed by atoms with Gasteiger partial charge in [-0.2, -0.15) is 0 Å². The van der Waals surface area contributed by atoms with Crippen molar-refractivity contribution in [3.05, 3.63) is 23.9 Å². The van der Waals surface area contributed by atoms with Crippen LogP contribution >= 0.6 is 0 Å². The fourth-order valence-electron chi connectivity index (χ4n) is 2.41. The van der Waals surface area contributed by atoms with Gasteiger partial charge in [-0.1, -0.05) is 25.8 Å². The molecule has 0 bridgehead atoms. The number of nitrogens with one attached hydrogen (secondary N) is 1. The van der Waals surface area contributed by atoms with Gasteiger partial charge in [0.05, 0.1) is 6.61 Å². The highest BCUT2D eigenvalue weighted by atomic mass is 32.2. The van der Waals surface area contributed by atoms with Crippen LogP contribution in [0.2, 0.25) is 0 Å². The number of pyridine rings is 1. The first kappa shape index (κ1) is 14.4. The van der Waals surface area contributed by atoms with Crippen molar-refractivity contribution >= 4 is 10.0 Å². The molecule has 5 nitrogen and oxygen atoms in total. The average molecular weight is 284 g/mol. The SMILES string of the molecule is CC1(CNS(=O)(=O)c2ccc(CO)cn2)CCCC1. The van der Waals surface area contributed by atoms with Crippen LogP contribution in [0.25, 0.3) is 0 Å². The summed E-state index contributed by atoms with van der Waals surface area (Å²) in [6.07, 6.45) is 5.84. The molecule has 1 saturated carbocycles. The topological polar surface area (TPSA) is 79.3 Å². The molecule has 0 saturated heterocycles. The molecule has 19 heavy (non-hydrogen) atoms. The van der Waals surface area contributed by atoms with E-state index in [-0.39, 0.29) is 17.0 Å². The third-order valence-electron chi connectivity index (χ3n) is 3.76. The van der Waals surface area contributed by atoms with Crippen LogP contribution in [-0.2, 0) is 16.6 Å². The molecule has 0 aliphatic heterocycles. The lowest BCUT2D eigenvalue weighted by molar-refractivity contribution is 0.281. The number of hydrogen-bond donors (Lipinski definition) is 2. The lowest BCUT2D eigenvalue weighted by Crippen LogP contribution is -2.34. The van der Waals surface area contributed by atoms with Crippen LogP contribution in [0.4, 0.5) is 0 Å². The van der Waals surface area contributed by atoms with Crippen LogP contribution < -0.4 is 4.72 Å². The quantitative estimate of drug-likeness (QED) is 0.857. The molecule has 2 N–H and O–H groups in total. The molecule has 6 heteroatoms. The summed E-state index contributed by atoms with van der Waals surface area (Å²) in [6, 6.07) is 2.99. The van der Waals surface area contributed by atoms with E-state index in [4.69, 9.17) is 5.11 Å². The number of aromatic nitrogens is 1. The fraction of sp³-hybridized carbons (Fsp3) is 0.615. The molecule has 0 aromatic carbocycles. The van der Waals surface area contributed by atoms with Crippen LogP contribution in [0.5, 0.6) is 0 Å². The van der Waals surface area contributed by atoms with Crippen LogP contribution in [0, 0.1) is 5.41 Å². The third kappa shape index (κ3) is 3.52. The van der Waals surface area contributed by atoms with Crippen molar-refractivity contribution in [2.45, 2.75) is 44.2 Å².